The number of primary amides is 1. The molecule has 3 rings (SSSR count). The maximum Gasteiger partial charge on any atom is 0.252 e. The molecule has 0 atom stereocenters. The van der Waals surface area contributed by atoms with Gasteiger partial charge in [-0.15, -0.1) is 11.3 Å². The first-order valence-corrected chi connectivity index (χ1v) is 8.86. The van der Waals surface area contributed by atoms with Crippen LogP contribution in [0, 0.1) is 0 Å². The second-order valence-electron chi connectivity index (χ2n) is 5.67. The highest BCUT2D eigenvalue weighted by Crippen LogP contribution is 2.39. The number of fused-ring (bicyclic) bond motifs is 1. The molecule has 0 fully saturated rings. The van der Waals surface area contributed by atoms with Crippen LogP contribution in [0.4, 0.5) is 5.00 Å². The van der Waals surface area contributed by atoms with Crippen LogP contribution in [0.5, 0.6) is 11.5 Å². The van der Waals surface area contributed by atoms with Crippen LogP contribution in [0.15, 0.2) is 23.2 Å². The molecule has 126 valence electrons. The van der Waals surface area contributed by atoms with E-state index in [1.807, 2.05) is 6.92 Å². The standard InChI is InChI=1S/C18H20N2O3S/c1-2-23-14-9-11(7-8-13(14)21)10-20-18-16(17(19)22)12-5-3-4-6-15(12)24-18/h7-10,21H,2-6H2,1H3,(H2,19,22). The van der Waals surface area contributed by atoms with Gasteiger partial charge in [0, 0.05) is 11.1 Å². The summed E-state index contributed by atoms with van der Waals surface area (Å²) in [7, 11) is 0. The highest BCUT2D eigenvalue weighted by Gasteiger charge is 2.23. The summed E-state index contributed by atoms with van der Waals surface area (Å²) in [5.41, 5.74) is 8.01. The number of carbonyl (C=O) groups excluding carboxylic acids is 1. The molecular weight excluding hydrogens is 324 g/mol. The predicted octanol–water partition coefficient (Wildman–Crippen LogP) is 3.58. The molecule has 0 aliphatic heterocycles. The Morgan fingerprint density at radius 3 is 2.96 bits per heavy atom. The minimum atomic E-state index is -0.415. The molecule has 5 nitrogen and oxygen atoms in total. The maximum absolute atomic E-state index is 11.9. The van der Waals surface area contributed by atoms with Gasteiger partial charge >= 0.3 is 0 Å². The number of carbonyl (C=O) groups is 1. The Hall–Kier alpha value is -2.34. The number of ether oxygens (including phenoxy) is 1. The highest BCUT2D eigenvalue weighted by molar-refractivity contribution is 7.16. The number of aryl methyl sites for hydroxylation is 1. The number of nitrogens with zero attached hydrogens (tertiary/aromatic N) is 1. The van der Waals surface area contributed by atoms with Crippen molar-refractivity contribution in [2.75, 3.05) is 6.61 Å². The Bertz CT molecular complexity index is 796. The first-order chi connectivity index (χ1) is 11.6. The predicted molar refractivity (Wildman–Crippen MR) is 96.0 cm³/mol. The lowest BCUT2D eigenvalue weighted by molar-refractivity contribution is 0.100. The minimum absolute atomic E-state index is 0.0958. The minimum Gasteiger partial charge on any atom is -0.504 e. The van der Waals surface area contributed by atoms with Crippen LogP contribution in [0.3, 0.4) is 0 Å². The Morgan fingerprint density at radius 1 is 1.42 bits per heavy atom. The number of aliphatic imine (C=N–C) groups is 1. The zero-order valence-corrected chi connectivity index (χ0v) is 14.4. The number of amides is 1. The molecule has 0 radical (unpaired) electrons. The molecule has 0 saturated carbocycles. The molecular formula is C18H20N2O3S. The summed E-state index contributed by atoms with van der Waals surface area (Å²) in [5, 5.41) is 10.4. The molecule has 1 aromatic carbocycles. The molecule has 1 aliphatic carbocycles. The van der Waals surface area contributed by atoms with Crippen LogP contribution in [-0.4, -0.2) is 23.8 Å². The van der Waals surface area contributed by atoms with E-state index in [1.165, 1.54) is 4.88 Å². The van der Waals surface area contributed by atoms with E-state index in [1.54, 1.807) is 35.8 Å². The number of rotatable bonds is 5. The van der Waals surface area contributed by atoms with Crippen LogP contribution in [-0.2, 0) is 12.8 Å². The van der Waals surface area contributed by atoms with E-state index in [9.17, 15) is 9.90 Å². The molecule has 0 spiro atoms. The fourth-order valence-electron chi connectivity index (χ4n) is 2.91. The second kappa shape index (κ2) is 7.05. The number of phenols is 1. The number of hydrogen-bond acceptors (Lipinski definition) is 5. The number of benzene rings is 1. The highest BCUT2D eigenvalue weighted by atomic mass is 32.1. The molecule has 1 aromatic heterocycles. The third kappa shape index (κ3) is 3.28. The van der Waals surface area contributed by atoms with Crippen LogP contribution in [0.2, 0.25) is 0 Å². The quantitative estimate of drug-likeness (QED) is 0.813. The lowest BCUT2D eigenvalue weighted by Crippen LogP contribution is -2.14. The van der Waals surface area contributed by atoms with Crippen molar-refractivity contribution in [2.24, 2.45) is 10.7 Å². The number of hydrogen-bond donors (Lipinski definition) is 2. The maximum atomic E-state index is 11.9. The molecule has 0 unspecified atom stereocenters. The SMILES string of the molecule is CCOc1cc(C=Nc2sc3c(c2C(N)=O)CCCC3)ccc1O. The monoisotopic (exact) mass is 344 g/mol. The third-order valence-corrected chi connectivity index (χ3v) is 5.21. The van der Waals surface area contributed by atoms with E-state index in [2.05, 4.69) is 4.99 Å². The van der Waals surface area contributed by atoms with Crippen molar-refractivity contribution < 1.29 is 14.6 Å². The third-order valence-electron chi connectivity index (χ3n) is 4.01. The smallest absolute Gasteiger partial charge is 0.252 e. The lowest BCUT2D eigenvalue weighted by atomic mass is 9.95. The summed E-state index contributed by atoms with van der Waals surface area (Å²) < 4.78 is 5.37. The van der Waals surface area contributed by atoms with Crippen molar-refractivity contribution in [3.63, 3.8) is 0 Å². The summed E-state index contributed by atoms with van der Waals surface area (Å²) in [4.78, 5) is 17.6. The Labute approximate surface area is 144 Å². The fourth-order valence-corrected chi connectivity index (χ4v) is 4.15. The van der Waals surface area contributed by atoms with Gasteiger partial charge in [0.2, 0.25) is 0 Å². The topological polar surface area (TPSA) is 84.9 Å². The molecule has 6 heteroatoms. The number of nitrogens with two attached hydrogens (primary N) is 1. The number of aromatic hydroxyl groups is 1. The summed E-state index contributed by atoms with van der Waals surface area (Å²) in [5.74, 6) is 0.0997. The van der Waals surface area contributed by atoms with E-state index < -0.39 is 5.91 Å². The van der Waals surface area contributed by atoms with E-state index in [4.69, 9.17) is 10.5 Å². The first kappa shape index (κ1) is 16.5. The molecule has 1 heterocycles. The largest absolute Gasteiger partial charge is 0.504 e. The van der Waals surface area contributed by atoms with E-state index >= 15 is 0 Å². The Kier molecular flexibility index (Phi) is 4.85. The van der Waals surface area contributed by atoms with Crippen molar-refractivity contribution in [3.05, 3.63) is 39.8 Å². The molecule has 0 saturated heterocycles. The fraction of sp³-hybridized carbons (Fsp3) is 0.333. The van der Waals surface area contributed by atoms with Gasteiger partial charge in [-0.2, -0.15) is 0 Å². The molecule has 2 aromatic rings. The van der Waals surface area contributed by atoms with Gasteiger partial charge in [0.25, 0.3) is 5.91 Å². The van der Waals surface area contributed by atoms with Crippen LogP contribution >= 0.6 is 11.3 Å². The molecule has 3 N–H and O–H groups in total. The average molecular weight is 344 g/mol. The van der Waals surface area contributed by atoms with Gasteiger partial charge in [-0.05, 0) is 61.9 Å². The van der Waals surface area contributed by atoms with E-state index in [-0.39, 0.29) is 5.75 Å². The molecule has 1 aliphatic rings. The second-order valence-corrected chi connectivity index (χ2v) is 6.76. The van der Waals surface area contributed by atoms with Gasteiger partial charge in [0.05, 0.1) is 12.2 Å². The summed E-state index contributed by atoms with van der Waals surface area (Å²) in [6.07, 6.45) is 5.79. The summed E-state index contributed by atoms with van der Waals surface area (Å²) in [6.45, 7) is 2.33. The molecule has 0 bridgehead atoms. The average Bonchev–Trinajstić information content (AvgIpc) is 2.94. The van der Waals surface area contributed by atoms with Gasteiger partial charge in [0.1, 0.15) is 5.00 Å². The Balaban J connectivity index is 1.93. The van der Waals surface area contributed by atoms with Crippen LogP contribution in [0.1, 0.15) is 46.1 Å². The zero-order chi connectivity index (χ0) is 17.1. The van der Waals surface area contributed by atoms with Gasteiger partial charge < -0.3 is 15.6 Å². The summed E-state index contributed by atoms with van der Waals surface area (Å²) in [6, 6.07) is 5.04. The van der Waals surface area contributed by atoms with Crippen molar-refractivity contribution in [1.82, 2.24) is 0 Å². The van der Waals surface area contributed by atoms with Crippen molar-refractivity contribution >= 4 is 28.5 Å². The van der Waals surface area contributed by atoms with Crippen molar-refractivity contribution in [2.45, 2.75) is 32.6 Å². The van der Waals surface area contributed by atoms with Gasteiger partial charge in [-0.3, -0.25) is 4.79 Å². The van der Waals surface area contributed by atoms with Crippen molar-refractivity contribution in [1.29, 1.82) is 0 Å². The summed E-state index contributed by atoms with van der Waals surface area (Å²) >= 11 is 1.55. The zero-order valence-electron chi connectivity index (χ0n) is 13.5. The van der Waals surface area contributed by atoms with E-state index in [0.717, 1.165) is 36.8 Å². The normalized spacial score (nSPS) is 13.9. The van der Waals surface area contributed by atoms with Gasteiger partial charge in [0.15, 0.2) is 11.5 Å². The van der Waals surface area contributed by atoms with Gasteiger partial charge in [-0.1, -0.05) is 0 Å². The first-order valence-electron chi connectivity index (χ1n) is 8.04. The molecule has 24 heavy (non-hydrogen) atoms. The number of thiophene rings is 1. The lowest BCUT2D eigenvalue weighted by Gasteiger charge is -2.10. The van der Waals surface area contributed by atoms with E-state index in [0.29, 0.717) is 22.9 Å². The van der Waals surface area contributed by atoms with Gasteiger partial charge in [-0.25, -0.2) is 4.99 Å². The number of phenolic OH excluding ortho intramolecular Hbond substituents is 1. The Morgan fingerprint density at radius 2 is 2.21 bits per heavy atom. The molecule has 1 amide bonds. The van der Waals surface area contributed by atoms with Crippen molar-refractivity contribution in [3.8, 4) is 11.5 Å². The van der Waals surface area contributed by atoms with Crippen LogP contribution < -0.4 is 10.5 Å². The van der Waals surface area contributed by atoms with Crippen LogP contribution in [0.25, 0.3) is 0 Å².